The Kier molecular flexibility index (Phi) is 11.0. The van der Waals surface area contributed by atoms with Crippen LogP contribution in [-0.4, -0.2) is 24.2 Å². The number of rotatable bonds is 9. The summed E-state index contributed by atoms with van der Waals surface area (Å²) in [6.07, 6.45) is 2.69. The molecule has 1 aromatic carbocycles. The number of nitrogens with zero attached hydrogens (tertiary/aromatic N) is 2. The van der Waals surface area contributed by atoms with Gasteiger partial charge >= 0.3 is 0 Å². The number of hydrogen-bond donors (Lipinski definition) is 2. The standard InChI is InChI=1S/C20H29FN4O.HI/c1-4-15(5-2)19-13-17(26-25-19)14-24-20(22-6-3)23-12-11-16-9-7-8-10-18(16)21;/h7-10,13,15H,4-6,11-12,14H2,1-3H3,(H2,22,23,24);1H. The van der Waals surface area contributed by atoms with Crippen molar-refractivity contribution in [1.29, 1.82) is 0 Å². The third kappa shape index (κ3) is 7.48. The quantitative estimate of drug-likeness (QED) is 0.307. The average Bonchev–Trinajstić information content (AvgIpc) is 3.11. The summed E-state index contributed by atoms with van der Waals surface area (Å²) in [7, 11) is 0. The van der Waals surface area contributed by atoms with Crippen molar-refractivity contribution in [2.45, 2.75) is 52.5 Å². The second kappa shape index (κ2) is 12.7. The van der Waals surface area contributed by atoms with Gasteiger partial charge in [-0.15, -0.1) is 24.0 Å². The van der Waals surface area contributed by atoms with Crippen LogP contribution in [0, 0.1) is 5.82 Å². The fraction of sp³-hybridized carbons (Fsp3) is 0.500. The van der Waals surface area contributed by atoms with Gasteiger partial charge in [0.15, 0.2) is 11.7 Å². The zero-order valence-electron chi connectivity index (χ0n) is 16.3. The second-order valence-electron chi connectivity index (χ2n) is 6.19. The van der Waals surface area contributed by atoms with Crippen LogP contribution in [0.2, 0.25) is 0 Å². The summed E-state index contributed by atoms with van der Waals surface area (Å²) in [5.74, 6) is 1.69. The van der Waals surface area contributed by atoms with Crippen LogP contribution in [-0.2, 0) is 13.0 Å². The van der Waals surface area contributed by atoms with E-state index in [1.165, 1.54) is 6.07 Å². The highest BCUT2D eigenvalue weighted by Crippen LogP contribution is 2.22. The van der Waals surface area contributed by atoms with Crippen LogP contribution in [0.15, 0.2) is 39.8 Å². The maximum Gasteiger partial charge on any atom is 0.191 e. The smallest absolute Gasteiger partial charge is 0.191 e. The number of benzene rings is 1. The predicted molar refractivity (Wildman–Crippen MR) is 118 cm³/mol. The van der Waals surface area contributed by atoms with E-state index in [9.17, 15) is 4.39 Å². The van der Waals surface area contributed by atoms with Crippen LogP contribution < -0.4 is 10.6 Å². The molecule has 1 aromatic heterocycles. The first-order valence-corrected chi connectivity index (χ1v) is 9.38. The molecule has 0 aliphatic carbocycles. The molecule has 1 heterocycles. The molecule has 0 saturated heterocycles. The molecule has 0 amide bonds. The topological polar surface area (TPSA) is 62.5 Å². The van der Waals surface area contributed by atoms with E-state index < -0.39 is 0 Å². The van der Waals surface area contributed by atoms with E-state index in [2.05, 4.69) is 34.6 Å². The lowest BCUT2D eigenvalue weighted by Gasteiger charge is -2.11. The minimum Gasteiger partial charge on any atom is -0.359 e. The van der Waals surface area contributed by atoms with Gasteiger partial charge in [0.1, 0.15) is 12.4 Å². The van der Waals surface area contributed by atoms with Gasteiger partial charge in [0, 0.05) is 25.1 Å². The molecule has 0 saturated carbocycles. The SMILES string of the molecule is CCNC(=NCc1cc(C(CC)CC)no1)NCCc1ccccc1F.I. The van der Waals surface area contributed by atoms with Crippen molar-refractivity contribution in [3.63, 3.8) is 0 Å². The van der Waals surface area contributed by atoms with Gasteiger partial charge in [-0.2, -0.15) is 0 Å². The summed E-state index contributed by atoms with van der Waals surface area (Å²) >= 11 is 0. The molecular weight excluding hydrogens is 458 g/mol. The lowest BCUT2D eigenvalue weighted by molar-refractivity contribution is 0.372. The highest BCUT2D eigenvalue weighted by atomic mass is 127. The van der Waals surface area contributed by atoms with Gasteiger partial charge in [0.25, 0.3) is 0 Å². The molecule has 150 valence electrons. The maximum absolute atomic E-state index is 13.7. The van der Waals surface area contributed by atoms with Gasteiger partial charge in [-0.3, -0.25) is 0 Å². The highest BCUT2D eigenvalue weighted by Gasteiger charge is 2.12. The summed E-state index contributed by atoms with van der Waals surface area (Å²) in [6, 6.07) is 8.82. The zero-order chi connectivity index (χ0) is 18.8. The van der Waals surface area contributed by atoms with Crippen molar-refractivity contribution in [1.82, 2.24) is 15.8 Å². The first-order valence-electron chi connectivity index (χ1n) is 9.38. The summed E-state index contributed by atoms with van der Waals surface area (Å²) in [5, 5.41) is 10.6. The minimum atomic E-state index is -0.174. The molecule has 7 heteroatoms. The molecule has 0 radical (unpaired) electrons. The molecule has 0 aliphatic rings. The van der Waals surface area contributed by atoms with Crippen molar-refractivity contribution >= 4 is 29.9 Å². The van der Waals surface area contributed by atoms with Gasteiger partial charge in [0.05, 0.1) is 5.69 Å². The van der Waals surface area contributed by atoms with Gasteiger partial charge in [-0.25, -0.2) is 9.38 Å². The molecule has 2 aromatic rings. The molecule has 0 bridgehead atoms. The van der Waals surface area contributed by atoms with Crippen LogP contribution in [0.3, 0.4) is 0 Å². The average molecular weight is 488 g/mol. The van der Waals surface area contributed by atoms with Crippen LogP contribution >= 0.6 is 24.0 Å². The van der Waals surface area contributed by atoms with E-state index in [0.29, 0.717) is 37.0 Å². The number of halogens is 2. The Bertz CT molecular complexity index is 701. The first-order chi connectivity index (χ1) is 12.7. The fourth-order valence-electron chi connectivity index (χ4n) is 2.82. The molecule has 0 unspecified atom stereocenters. The maximum atomic E-state index is 13.7. The Hall–Kier alpha value is -1.64. The second-order valence-corrected chi connectivity index (χ2v) is 6.19. The van der Waals surface area contributed by atoms with Crippen LogP contribution in [0.4, 0.5) is 4.39 Å². The minimum absolute atomic E-state index is 0. The summed E-state index contributed by atoms with van der Waals surface area (Å²) in [5.41, 5.74) is 1.69. The summed E-state index contributed by atoms with van der Waals surface area (Å²) in [6.45, 7) is 8.09. The van der Waals surface area contributed by atoms with Gasteiger partial charge in [-0.05, 0) is 37.8 Å². The van der Waals surface area contributed by atoms with Crippen molar-refractivity contribution in [2.24, 2.45) is 4.99 Å². The molecular formula is C20H30FIN4O. The molecule has 0 atom stereocenters. The molecule has 0 aliphatic heterocycles. The first kappa shape index (κ1) is 23.4. The Morgan fingerprint density at radius 3 is 2.59 bits per heavy atom. The largest absolute Gasteiger partial charge is 0.359 e. The molecule has 0 spiro atoms. The molecule has 5 nitrogen and oxygen atoms in total. The normalized spacial score (nSPS) is 11.4. The van der Waals surface area contributed by atoms with E-state index >= 15 is 0 Å². The summed E-state index contributed by atoms with van der Waals surface area (Å²) < 4.78 is 19.1. The number of guanidine groups is 1. The van der Waals surface area contributed by atoms with Gasteiger partial charge < -0.3 is 15.2 Å². The number of aromatic nitrogens is 1. The van der Waals surface area contributed by atoms with E-state index in [1.54, 1.807) is 12.1 Å². The lowest BCUT2D eigenvalue weighted by atomic mass is 9.99. The molecule has 27 heavy (non-hydrogen) atoms. The van der Waals surface area contributed by atoms with Gasteiger partial charge in [-0.1, -0.05) is 37.2 Å². The van der Waals surface area contributed by atoms with Crippen molar-refractivity contribution < 1.29 is 8.91 Å². The lowest BCUT2D eigenvalue weighted by Crippen LogP contribution is -2.38. The predicted octanol–water partition coefficient (Wildman–Crippen LogP) is 4.63. The van der Waals surface area contributed by atoms with E-state index in [-0.39, 0.29) is 29.8 Å². The Labute approximate surface area is 178 Å². The Balaban J connectivity index is 0.00000364. The van der Waals surface area contributed by atoms with Gasteiger partial charge in [0.2, 0.25) is 0 Å². The number of aliphatic imine (C=N–C) groups is 1. The highest BCUT2D eigenvalue weighted by molar-refractivity contribution is 14.0. The Morgan fingerprint density at radius 1 is 1.19 bits per heavy atom. The van der Waals surface area contributed by atoms with E-state index in [0.717, 1.165) is 30.8 Å². The van der Waals surface area contributed by atoms with Crippen molar-refractivity contribution in [3.05, 3.63) is 53.2 Å². The van der Waals surface area contributed by atoms with Crippen LogP contribution in [0.1, 0.15) is 56.5 Å². The fourth-order valence-corrected chi connectivity index (χ4v) is 2.82. The molecule has 2 N–H and O–H groups in total. The van der Waals surface area contributed by atoms with Crippen molar-refractivity contribution in [2.75, 3.05) is 13.1 Å². The monoisotopic (exact) mass is 488 g/mol. The molecule has 2 rings (SSSR count). The van der Waals surface area contributed by atoms with Crippen molar-refractivity contribution in [3.8, 4) is 0 Å². The zero-order valence-corrected chi connectivity index (χ0v) is 18.6. The van der Waals surface area contributed by atoms with E-state index in [4.69, 9.17) is 4.52 Å². The van der Waals surface area contributed by atoms with Crippen LogP contribution in [0.25, 0.3) is 0 Å². The number of nitrogens with one attached hydrogen (secondary N) is 2. The third-order valence-corrected chi connectivity index (χ3v) is 4.36. The van der Waals surface area contributed by atoms with E-state index in [1.807, 2.05) is 19.1 Å². The molecule has 0 fully saturated rings. The number of hydrogen-bond acceptors (Lipinski definition) is 3. The Morgan fingerprint density at radius 2 is 1.93 bits per heavy atom. The van der Waals surface area contributed by atoms with Crippen LogP contribution in [0.5, 0.6) is 0 Å². The third-order valence-electron chi connectivity index (χ3n) is 4.36. The summed E-state index contributed by atoms with van der Waals surface area (Å²) in [4.78, 5) is 4.53.